The predicted molar refractivity (Wildman–Crippen MR) is 58.7 cm³/mol. The first-order chi connectivity index (χ1) is 8.40. The molecule has 1 rings (SSSR count). The summed E-state index contributed by atoms with van der Waals surface area (Å²) in [6, 6.07) is 5.93. The third-order valence-corrected chi connectivity index (χ3v) is 1.98. The number of carbonyl (C=O) groups excluding carboxylic acids is 3. The molecule has 1 aromatic rings. The van der Waals surface area contributed by atoms with Gasteiger partial charge in [0.15, 0.2) is 0 Å². The Morgan fingerprint density at radius 2 is 1.56 bits per heavy atom. The van der Waals surface area contributed by atoms with Gasteiger partial charge in [0.2, 0.25) is 5.91 Å². The molecule has 0 aromatic heterocycles. The third-order valence-electron chi connectivity index (χ3n) is 1.98. The summed E-state index contributed by atoms with van der Waals surface area (Å²) in [6.07, 6.45) is 0.919. The van der Waals surface area contributed by atoms with Crippen LogP contribution in [-0.2, 0) is 14.4 Å². The molecule has 0 fully saturated rings. The van der Waals surface area contributed by atoms with Crippen LogP contribution in [0, 0.1) is 0 Å². The molecule has 94 valence electrons. The van der Waals surface area contributed by atoms with Crippen LogP contribution in [-0.4, -0.2) is 17.8 Å². The molecule has 0 aliphatic rings. The van der Waals surface area contributed by atoms with Crippen molar-refractivity contribution >= 4 is 29.6 Å². The van der Waals surface area contributed by atoms with E-state index >= 15 is 0 Å². The monoisotopic (exact) mass is 247 g/mol. The molecule has 1 amide bonds. The molecule has 6 heteroatoms. The lowest BCUT2D eigenvalue weighted by atomic mass is 10.1. The van der Waals surface area contributed by atoms with E-state index in [0.717, 1.165) is 6.08 Å². The number of anilines is 1. The highest BCUT2D eigenvalue weighted by Crippen LogP contribution is 2.12. The molecule has 0 radical (unpaired) electrons. The Bertz CT molecular complexity index is 500. The molecule has 0 aliphatic heterocycles. The van der Waals surface area contributed by atoms with Crippen molar-refractivity contribution in [3.8, 4) is 0 Å². The Hall–Kier alpha value is -2.63. The highest BCUT2D eigenvalue weighted by Gasteiger charge is 2.01. The van der Waals surface area contributed by atoms with Gasteiger partial charge >= 0.3 is 0 Å². The zero-order chi connectivity index (χ0) is 13.7. The van der Waals surface area contributed by atoms with E-state index < -0.39 is 17.5 Å². The van der Waals surface area contributed by atoms with Crippen LogP contribution >= 0.6 is 0 Å². The van der Waals surface area contributed by atoms with Crippen molar-refractivity contribution in [1.29, 1.82) is 0 Å². The van der Waals surface area contributed by atoms with Crippen LogP contribution in [0.15, 0.2) is 29.8 Å². The fraction of sp³-hybridized carbons (Fsp3) is 0.0833. The lowest BCUT2D eigenvalue weighted by Crippen LogP contribution is -2.36. The standard InChI is InChI=1S/C12H11NO5/c1-7(14)13-9-4-2-8(3-5-9)6-10(11(15)16)12(17)18/h2-6H,1H3,(H,13,14)(H,15,16)(H,17,18)/p-2. The maximum Gasteiger partial charge on any atom is 0.221 e. The number of nitrogens with one attached hydrogen (secondary N) is 1. The van der Waals surface area contributed by atoms with Gasteiger partial charge in [-0.15, -0.1) is 0 Å². The number of carboxylic acids is 2. The van der Waals surface area contributed by atoms with Crippen LogP contribution in [0.4, 0.5) is 5.69 Å². The lowest BCUT2D eigenvalue weighted by Gasteiger charge is -2.09. The zero-order valence-corrected chi connectivity index (χ0v) is 9.43. The SMILES string of the molecule is CC(=O)Nc1ccc(C=C(C(=O)[O-])C(=O)[O-])cc1. The topological polar surface area (TPSA) is 109 Å². The fourth-order valence-corrected chi connectivity index (χ4v) is 1.23. The Kier molecular flexibility index (Phi) is 4.20. The maximum absolute atomic E-state index is 10.8. The predicted octanol–water partition coefficient (Wildman–Crippen LogP) is -1.47. The van der Waals surface area contributed by atoms with Crippen LogP contribution < -0.4 is 15.5 Å². The van der Waals surface area contributed by atoms with Crippen molar-refractivity contribution in [2.75, 3.05) is 5.32 Å². The van der Waals surface area contributed by atoms with E-state index in [1.54, 1.807) is 0 Å². The van der Waals surface area contributed by atoms with Crippen molar-refractivity contribution in [2.24, 2.45) is 0 Å². The summed E-state index contributed by atoms with van der Waals surface area (Å²) < 4.78 is 0. The van der Waals surface area contributed by atoms with E-state index in [0.29, 0.717) is 11.3 Å². The Morgan fingerprint density at radius 1 is 1.06 bits per heavy atom. The van der Waals surface area contributed by atoms with Gasteiger partial charge in [0.25, 0.3) is 0 Å². The number of hydrogen-bond acceptors (Lipinski definition) is 5. The molecule has 0 atom stereocenters. The molecule has 0 bridgehead atoms. The van der Waals surface area contributed by atoms with Gasteiger partial charge < -0.3 is 25.1 Å². The number of carboxylic acid groups (broad SMARTS) is 2. The summed E-state index contributed by atoms with van der Waals surface area (Å²) in [5, 5.41) is 23.5. The molecular formula is C12H9NO5-2. The Labute approximate surface area is 103 Å². The largest absolute Gasteiger partial charge is 0.545 e. The average Bonchev–Trinajstić information content (AvgIpc) is 2.26. The summed E-state index contributed by atoms with van der Waals surface area (Å²) in [7, 11) is 0. The van der Waals surface area contributed by atoms with Gasteiger partial charge in [-0.2, -0.15) is 0 Å². The van der Waals surface area contributed by atoms with Gasteiger partial charge in [-0.3, -0.25) is 4.79 Å². The minimum Gasteiger partial charge on any atom is -0.545 e. The highest BCUT2D eigenvalue weighted by atomic mass is 16.4. The first-order valence-corrected chi connectivity index (χ1v) is 4.92. The number of amides is 1. The second-order valence-corrected chi connectivity index (χ2v) is 3.44. The lowest BCUT2D eigenvalue weighted by molar-refractivity contribution is -0.311. The molecular weight excluding hydrogens is 238 g/mol. The quantitative estimate of drug-likeness (QED) is 0.397. The molecule has 0 unspecified atom stereocenters. The fourth-order valence-electron chi connectivity index (χ4n) is 1.23. The molecule has 0 heterocycles. The van der Waals surface area contributed by atoms with Gasteiger partial charge in [0.1, 0.15) is 0 Å². The van der Waals surface area contributed by atoms with Crippen molar-refractivity contribution in [3.05, 3.63) is 35.4 Å². The number of aliphatic carboxylic acids is 2. The molecule has 0 spiro atoms. The number of rotatable bonds is 4. The normalized spacial score (nSPS) is 9.39. The van der Waals surface area contributed by atoms with Crippen LogP contribution in [0.5, 0.6) is 0 Å². The smallest absolute Gasteiger partial charge is 0.221 e. The molecule has 0 aliphatic carbocycles. The van der Waals surface area contributed by atoms with Crippen molar-refractivity contribution in [3.63, 3.8) is 0 Å². The van der Waals surface area contributed by atoms with Gasteiger partial charge in [-0.25, -0.2) is 0 Å². The van der Waals surface area contributed by atoms with Crippen LogP contribution in [0.25, 0.3) is 6.08 Å². The Morgan fingerprint density at radius 3 is 1.94 bits per heavy atom. The highest BCUT2D eigenvalue weighted by molar-refractivity contribution is 6.14. The van der Waals surface area contributed by atoms with E-state index in [-0.39, 0.29) is 5.91 Å². The minimum absolute atomic E-state index is 0.247. The maximum atomic E-state index is 10.8. The van der Waals surface area contributed by atoms with E-state index in [9.17, 15) is 24.6 Å². The Balaban J connectivity index is 2.98. The van der Waals surface area contributed by atoms with Gasteiger partial charge in [-0.05, 0) is 23.8 Å². The molecule has 18 heavy (non-hydrogen) atoms. The summed E-state index contributed by atoms with van der Waals surface area (Å²) in [6.45, 7) is 1.35. The van der Waals surface area contributed by atoms with Crippen LogP contribution in [0.3, 0.4) is 0 Å². The van der Waals surface area contributed by atoms with Gasteiger partial charge in [0.05, 0.1) is 11.9 Å². The second-order valence-electron chi connectivity index (χ2n) is 3.44. The molecule has 0 saturated heterocycles. The van der Waals surface area contributed by atoms with Crippen molar-refractivity contribution in [1.82, 2.24) is 0 Å². The van der Waals surface area contributed by atoms with E-state index in [1.807, 2.05) is 0 Å². The van der Waals surface area contributed by atoms with E-state index in [4.69, 9.17) is 0 Å². The number of carbonyl (C=O) groups is 3. The van der Waals surface area contributed by atoms with Crippen molar-refractivity contribution < 1.29 is 24.6 Å². The first-order valence-electron chi connectivity index (χ1n) is 4.92. The van der Waals surface area contributed by atoms with Crippen LogP contribution in [0.2, 0.25) is 0 Å². The first kappa shape index (κ1) is 13.4. The number of benzene rings is 1. The van der Waals surface area contributed by atoms with Gasteiger partial charge in [-0.1, -0.05) is 12.1 Å². The number of hydrogen-bond donors (Lipinski definition) is 1. The summed E-state index contributed by atoms with van der Waals surface area (Å²) in [5.74, 6) is -3.88. The van der Waals surface area contributed by atoms with E-state index in [1.165, 1.54) is 31.2 Å². The molecule has 6 nitrogen and oxygen atoms in total. The zero-order valence-electron chi connectivity index (χ0n) is 9.43. The summed E-state index contributed by atoms with van der Waals surface area (Å²) in [5.41, 5.74) is -0.0853. The summed E-state index contributed by atoms with van der Waals surface area (Å²) in [4.78, 5) is 31.8. The molecule has 0 saturated carbocycles. The van der Waals surface area contributed by atoms with Crippen LogP contribution in [0.1, 0.15) is 12.5 Å². The molecule has 1 aromatic carbocycles. The average molecular weight is 247 g/mol. The van der Waals surface area contributed by atoms with Gasteiger partial charge in [0, 0.05) is 18.2 Å². The summed E-state index contributed by atoms with van der Waals surface area (Å²) >= 11 is 0. The second kappa shape index (κ2) is 5.62. The van der Waals surface area contributed by atoms with Crippen molar-refractivity contribution in [2.45, 2.75) is 6.92 Å². The van der Waals surface area contributed by atoms with E-state index in [2.05, 4.69) is 5.32 Å². The molecule has 1 N–H and O–H groups in total. The minimum atomic E-state index is -1.82. The third kappa shape index (κ3) is 3.75.